The Morgan fingerprint density at radius 3 is 2.94 bits per heavy atom. The lowest BCUT2D eigenvalue weighted by molar-refractivity contribution is 0.0950. The molecule has 1 unspecified atom stereocenters. The molecule has 3 nitrogen and oxygen atoms in total. The van der Waals surface area contributed by atoms with Gasteiger partial charge in [-0.2, -0.15) is 0 Å². The fourth-order valence-corrected chi connectivity index (χ4v) is 2.07. The summed E-state index contributed by atoms with van der Waals surface area (Å²) in [6.07, 6.45) is 2.31. The van der Waals surface area contributed by atoms with Gasteiger partial charge in [-0.25, -0.2) is 0 Å². The molecule has 2 rings (SSSR count). The van der Waals surface area contributed by atoms with E-state index in [-0.39, 0.29) is 17.0 Å². The van der Waals surface area contributed by atoms with E-state index in [0.29, 0.717) is 18.0 Å². The highest BCUT2D eigenvalue weighted by Crippen LogP contribution is 2.35. The Hall–Kier alpha value is -1.22. The van der Waals surface area contributed by atoms with Crippen LogP contribution in [0.4, 0.5) is 0 Å². The van der Waals surface area contributed by atoms with E-state index in [2.05, 4.69) is 5.32 Å². The lowest BCUT2D eigenvalue weighted by Gasteiger charge is -2.10. The molecule has 1 amide bonds. The van der Waals surface area contributed by atoms with E-state index in [4.69, 9.17) is 11.6 Å². The van der Waals surface area contributed by atoms with Crippen LogP contribution in [0.3, 0.4) is 0 Å². The van der Waals surface area contributed by atoms with Crippen molar-refractivity contribution in [1.29, 1.82) is 0 Å². The molecule has 1 atom stereocenters. The Kier molecular flexibility index (Phi) is 3.57. The van der Waals surface area contributed by atoms with E-state index < -0.39 is 0 Å². The van der Waals surface area contributed by atoms with Crippen LogP contribution in [-0.4, -0.2) is 22.9 Å². The van der Waals surface area contributed by atoms with Gasteiger partial charge in [0.1, 0.15) is 5.75 Å². The standard InChI is InChI=1S/C13H16ClNO2/c1-8-2-5-12(16)10(6-8)13(17)15-7-11(14)9-3-4-9/h2,5-6,9,11,16H,3-4,7H2,1H3,(H,15,17). The molecule has 2 N–H and O–H groups in total. The van der Waals surface area contributed by atoms with Gasteiger partial charge in [-0.1, -0.05) is 11.6 Å². The molecule has 92 valence electrons. The van der Waals surface area contributed by atoms with Crippen molar-refractivity contribution in [3.05, 3.63) is 29.3 Å². The first-order valence-electron chi connectivity index (χ1n) is 5.80. The van der Waals surface area contributed by atoms with E-state index in [1.165, 1.54) is 6.07 Å². The van der Waals surface area contributed by atoms with Gasteiger partial charge in [0, 0.05) is 6.54 Å². The fourth-order valence-electron chi connectivity index (χ4n) is 1.74. The number of aromatic hydroxyl groups is 1. The molecule has 0 aromatic heterocycles. The number of carbonyl (C=O) groups excluding carboxylic acids is 1. The van der Waals surface area contributed by atoms with Crippen LogP contribution >= 0.6 is 11.6 Å². The fraction of sp³-hybridized carbons (Fsp3) is 0.462. The number of aryl methyl sites for hydroxylation is 1. The summed E-state index contributed by atoms with van der Waals surface area (Å²) in [5.74, 6) is 0.284. The van der Waals surface area contributed by atoms with E-state index in [1.54, 1.807) is 12.1 Å². The third-order valence-electron chi connectivity index (χ3n) is 2.99. The minimum Gasteiger partial charge on any atom is -0.507 e. The molecule has 0 spiro atoms. The average molecular weight is 254 g/mol. The predicted molar refractivity (Wildman–Crippen MR) is 67.5 cm³/mol. The van der Waals surface area contributed by atoms with Crippen LogP contribution in [0, 0.1) is 12.8 Å². The van der Waals surface area contributed by atoms with Gasteiger partial charge in [0.25, 0.3) is 5.91 Å². The van der Waals surface area contributed by atoms with Crippen molar-refractivity contribution in [2.45, 2.75) is 25.1 Å². The van der Waals surface area contributed by atoms with E-state index >= 15 is 0 Å². The molecule has 1 aliphatic carbocycles. The van der Waals surface area contributed by atoms with Gasteiger partial charge in [-0.15, -0.1) is 11.6 Å². The van der Waals surface area contributed by atoms with Crippen molar-refractivity contribution in [1.82, 2.24) is 5.32 Å². The number of rotatable bonds is 4. The molecule has 0 bridgehead atoms. The number of halogens is 1. The number of phenolic OH excluding ortho intramolecular Hbond substituents is 1. The topological polar surface area (TPSA) is 49.3 Å². The summed E-state index contributed by atoms with van der Waals surface area (Å²) in [5.41, 5.74) is 1.25. The Bertz CT molecular complexity index is 429. The molecule has 1 saturated carbocycles. The van der Waals surface area contributed by atoms with E-state index in [0.717, 1.165) is 18.4 Å². The molecule has 0 radical (unpaired) electrons. The lowest BCUT2D eigenvalue weighted by Crippen LogP contribution is -2.30. The van der Waals surface area contributed by atoms with Crippen molar-refractivity contribution in [2.24, 2.45) is 5.92 Å². The summed E-state index contributed by atoms with van der Waals surface area (Å²) >= 11 is 6.10. The van der Waals surface area contributed by atoms with Crippen molar-refractivity contribution in [2.75, 3.05) is 6.54 Å². The second kappa shape index (κ2) is 4.96. The van der Waals surface area contributed by atoms with Crippen LogP contribution in [0.15, 0.2) is 18.2 Å². The lowest BCUT2D eigenvalue weighted by atomic mass is 10.1. The normalized spacial score (nSPS) is 16.6. The van der Waals surface area contributed by atoms with Gasteiger partial charge in [-0.05, 0) is 37.8 Å². The maximum atomic E-state index is 11.8. The van der Waals surface area contributed by atoms with E-state index in [1.807, 2.05) is 6.92 Å². The molecule has 0 aliphatic heterocycles. The van der Waals surface area contributed by atoms with Crippen molar-refractivity contribution in [3.63, 3.8) is 0 Å². The van der Waals surface area contributed by atoms with Crippen LogP contribution in [0.1, 0.15) is 28.8 Å². The quantitative estimate of drug-likeness (QED) is 0.810. The second-order valence-electron chi connectivity index (χ2n) is 4.58. The number of benzene rings is 1. The molecule has 0 heterocycles. The van der Waals surface area contributed by atoms with Crippen molar-refractivity contribution >= 4 is 17.5 Å². The van der Waals surface area contributed by atoms with Gasteiger partial charge in [0.05, 0.1) is 10.9 Å². The Morgan fingerprint density at radius 2 is 2.29 bits per heavy atom. The molecular formula is C13H16ClNO2. The number of phenols is 1. The molecule has 1 aromatic carbocycles. The third kappa shape index (κ3) is 3.13. The zero-order valence-corrected chi connectivity index (χ0v) is 10.5. The second-order valence-corrected chi connectivity index (χ2v) is 5.14. The maximum absolute atomic E-state index is 11.8. The molecule has 1 fully saturated rings. The van der Waals surface area contributed by atoms with Crippen molar-refractivity contribution in [3.8, 4) is 5.75 Å². The maximum Gasteiger partial charge on any atom is 0.255 e. The van der Waals surface area contributed by atoms with Gasteiger partial charge in [0.2, 0.25) is 0 Å². The summed E-state index contributed by atoms with van der Waals surface area (Å²) in [6, 6.07) is 4.97. The first kappa shape index (κ1) is 12.2. The minimum atomic E-state index is -0.266. The summed E-state index contributed by atoms with van der Waals surface area (Å²) in [4.78, 5) is 11.8. The zero-order chi connectivity index (χ0) is 12.4. The average Bonchev–Trinajstić information content (AvgIpc) is 3.12. The summed E-state index contributed by atoms with van der Waals surface area (Å²) in [7, 11) is 0. The van der Waals surface area contributed by atoms with Crippen LogP contribution in [0.2, 0.25) is 0 Å². The number of hydrogen-bond acceptors (Lipinski definition) is 2. The first-order chi connectivity index (χ1) is 8.08. The van der Waals surface area contributed by atoms with E-state index in [9.17, 15) is 9.90 Å². The number of nitrogens with one attached hydrogen (secondary N) is 1. The number of amides is 1. The monoisotopic (exact) mass is 253 g/mol. The largest absolute Gasteiger partial charge is 0.507 e. The highest BCUT2D eigenvalue weighted by molar-refractivity contribution is 6.21. The Morgan fingerprint density at radius 1 is 1.59 bits per heavy atom. The van der Waals surface area contributed by atoms with Crippen molar-refractivity contribution < 1.29 is 9.90 Å². The number of hydrogen-bond donors (Lipinski definition) is 2. The molecule has 4 heteroatoms. The molecule has 0 saturated heterocycles. The molecule has 1 aromatic rings. The van der Waals surface area contributed by atoms with Crippen LogP contribution in [-0.2, 0) is 0 Å². The molecular weight excluding hydrogens is 238 g/mol. The van der Waals surface area contributed by atoms with Crippen LogP contribution in [0.5, 0.6) is 5.75 Å². The highest BCUT2D eigenvalue weighted by Gasteiger charge is 2.29. The zero-order valence-electron chi connectivity index (χ0n) is 9.74. The summed E-state index contributed by atoms with van der Waals surface area (Å²) < 4.78 is 0. The smallest absolute Gasteiger partial charge is 0.255 e. The Labute approximate surface area is 106 Å². The number of alkyl halides is 1. The number of carbonyl (C=O) groups is 1. The Balaban J connectivity index is 1.96. The first-order valence-corrected chi connectivity index (χ1v) is 6.23. The third-order valence-corrected chi connectivity index (χ3v) is 3.50. The predicted octanol–water partition coefficient (Wildman–Crippen LogP) is 2.45. The van der Waals surface area contributed by atoms with Crippen LogP contribution in [0.25, 0.3) is 0 Å². The SMILES string of the molecule is Cc1ccc(O)c(C(=O)NCC(Cl)C2CC2)c1. The van der Waals surface area contributed by atoms with Gasteiger partial charge in [-0.3, -0.25) is 4.79 Å². The van der Waals surface area contributed by atoms with Gasteiger partial charge < -0.3 is 10.4 Å². The highest BCUT2D eigenvalue weighted by atomic mass is 35.5. The van der Waals surface area contributed by atoms with Gasteiger partial charge >= 0.3 is 0 Å². The molecule has 17 heavy (non-hydrogen) atoms. The van der Waals surface area contributed by atoms with Gasteiger partial charge in [0.15, 0.2) is 0 Å². The summed E-state index contributed by atoms with van der Waals surface area (Å²) in [6.45, 7) is 2.34. The summed E-state index contributed by atoms with van der Waals surface area (Å²) in [5, 5.41) is 12.4. The van der Waals surface area contributed by atoms with Crippen LogP contribution < -0.4 is 5.32 Å². The minimum absolute atomic E-state index is 0.00523. The molecule has 1 aliphatic rings.